The molecular formula is C17H20ClN5O2. The number of oxazole rings is 1. The Bertz CT molecular complexity index is 769. The van der Waals surface area contributed by atoms with E-state index in [0.717, 1.165) is 23.9 Å². The number of aromatic nitrogens is 1. The molecule has 7 nitrogen and oxygen atoms in total. The monoisotopic (exact) mass is 361 g/mol. The number of nitrogens with zero attached hydrogens (tertiary/aromatic N) is 3. The van der Waals surface area contributed by atoms with Crippen LogP contribution in [0, 0.1) is 11.3 Å². The van der Waals surface area contributed by atoms with Crippen molar-refractivity contribution >= 4 is 35.4 Å². The second kappa shape index (κ2) is 7.30. The SMILES string of the molecule is Cl.N#CC1CCCN1C(=O)[C@@H]1C[C@H](Nc2nc3ccccc3o2)CN1. The molecule has 0 saturated carbocycles. The fourth-order valence-electron chi connectivity index (χ4n) is 3.51. The highest BCUT2D eigenvalue weighted by molar-refractivity contribution is 5.85. The maximum Gasteiger partial charge on any atom is 0.295 e. The molecule has 1 unspecified atom stereocenters. The largest absolute Gasteiger partial charge is 0.424 e. The zero-order valence-electron chi connectivity index (χ0n) is 13.6. The maximum atomic E-state index is 12.6. The topological polar surface area (TPSA) is 94.2 Å². The van der Waals surface area contributed by atoms with Gasteiger partial charge in [-0.3, -0.25) is 4.79 Å². The van der Waals surface area contributed by atoms with E-state index in [2.05, 4.69) is 21.7 Å². The molecule has 2 saturated heterocycles. The summed E-state index contributed by atoms with van der Waals surface area (Å²) < 4.78 is 5.67. The lowest BCUT2D eigenvalue weighted by molar-refractivity contribution is -0.133. The molecule has 2 aliphatic rings. The van der Waals surface area contributed by atoms with Crippen LogP contribution in [0.15, 0.2) is 28.7 Å². The number of halogens is 1. The van der Waals surface area contributed by atoms with Crippen molar-refractivity contribution in [1.82, 2.24) is 15.2 Å². The molecule has 2 aromatic rings. The summed E-state index contributed by atoms with van der Waals surface area (Å²) in [6.45, 7) is 1.35. The summed E-state index contributed by atoms with van der Waals surface area (Å²) in [7, 11) is 0. The van der Waals surface area contributed by atoms with Gasteiger partial charge in [-0.1, -0.05) is 12.1 Å². The van der Waals surface area contributed by atoms with Crippen LogP contribution in [0.2, 0.25) is 0 Å². The maximum absolute atomic E-state index is 12.6. The zero-order valence-corrected chi connectivity index (χ0v) is 14.5. The summed E-state index contributed by atoms with van der Waals surface area (Å²) in [5.41, 5.74) is 1.56. The molecule has 4 rings (SSSR count). The molecule has 132 valence electrons. The molecule has 3 heterocycles. The van der Waals surface area contributed by atoms with Crippen LogP contribution in [0.25, 0.3) is 11.1 Å². The number of hydrogen-bond donors (Lipinski definition) is 2. The van der Waals surface area contributed by atoms with Crippen LogP contribution in [0.3, 0.4) is 0 Å². The van der Waals surface area contributed by atoms with Crippen LogP contribution in [0.4, 0.5) is 6.01 Å². The molecule has 1 aromatic heterocycles. The Labute approximate surface area is 151 Å². The van der Waals surface area contributed by atoms with E-state index in [1.807, 2.05) is 24.3 Å². The molecule has 1 amide bonds. The zero-order chi connectivity index (χ0) is 16.5. The van der Waals surface area contributed by atoms with E-state index in [9.17, 15) is 4.79 Å². The third-order valence-electron chi connectivity index (χ3n) is 4.74. The number of anilines is 1. The predicted octanol–water partition coefficient (Wildman–Crippen LogP) is 1.91. The van der Waals surface area contributed by atoms with Crippen LogP contribution < -0.4 is 10.6 Å². The van der Waals surface area contributed by atoms with E-state index in [1.165, 1.54) is 0 Å². The number of carbonyl (C=O) groups is 1. The fourth-order valence-corrected chi connectivity index (χ4v) is 3.51. The van der Waals surface area contributed by atoms with Gasteiger partial charge in [0.05, 0.1) is 12.1 Å². The van der Waals surface area contributed by atoms with Crippen molar-refractivity contribution < 1.29 is 9.21 Å². The van der Waals surface area contributed by atoms with E-state index in [1.54, 1.807) is 4.90 Å². The average molecular weight is 362 g/mol. The number of nitrogens with one attached hydrogen (secondary N) is 2. The Kier molecular flexibility index (Phi) is 5.11. The normalized spacial score (nSPS) is 25.6. The summed E-state index contributed by atoms with van der Waals surface area (Å²) in [5, 5.41) is 15.7. The van der Waals surface area contributed by atoms with Crippen molar-refractivity contribution in [3.63, 3.8) is 0 Å². The molecule has 0 radical (unpaired) electrons. The Balaban J connectivity index is 0.00000182. The van der Waals surface area contributed by atoms with Crippen LogP contribution in [0.1, 0.15) is 19.3 Å². The molecule has 25 heavy (non-hydrogen) atoms. The van der Waals surface area contributed by atoms with Gasteiger partial charge in [0.25, 0.3) is 6.01 Å². The fraction of sp³-hybridized carbons (Fsp3) is 0.471. The van der Waals surface area contributed by atoms with Gasteiger partial charge in [0.1, 0.15) is 11.6 Å². The first-order chi connectivity index (χ1) is 11.7. The first-order valence-corrected chi connectivity index (χ1v) is 8.30. The lowest BCUT2D eigenvalue weighted by Crippen LogP contribution is -2.45. The first kappa shape index (κ1) is 17.5. The van der Waals surface area contributed by atoms with Gasteiger partial charge < -0.3 is 20.0 Å². The van der Waals surface area contributed by atoms with Gasteiger partial charge >= 0.3 is 0 Å². The van der Waals surface area contributed by atoms with Crippen LogP contribution in [0.5, 0.6) is 0 Å². The van der Waals surface area contributed by atoms with E-state index < -0.39 is 0 Å². The predicted molar refractivity (Wildman–Crippen MR) is 95.4 cm³/mol. The molecule has 3 atom stereocenters. The molecule has 2 N–H and O–H groups in total. The van der Waals surface area contributed by atoms with E-state index in [4.69, 9.17) is 9.68 Å². The molecule has 0 aliphatic carbocycles. The highest BCUT2D eigenvalue weighted by Crippen LogP contribution is 2.23. The molecular weight excluding hydrogens is 342 g/mol. The van der Waals surface area contributed by atoms with E-state index >= 15 is 0 Å². The standard InChI is InChI=1S/C17H19N5O2.ClH/c18-9-12-4-3-7-22(12)16(23)14-8-11(10-19-14)20-17-21-13-5-1-2-6-15(13)24-17;/h1-2,5-6,11-12,14,19H,3-4,7-8,10H2,(H,20,21);1H/t11-,12?,14-;/m0./s1. The van der Waals surface area contributed by atoms with Gasteiger partial charge in [0.15, 0.2) is 5.58 Å². The molecule has 8 heteroatoms. The van der Waals surface area contributed by atoms with E-state index in [0.29, 0.717) is 25.5 Å². The number of benzene rings is 1. The Morgan fingerprint density at radius 3 is 3.08 bits per heavy atom. The molecule has 2 aliphatic heterocycles. The number of hydrogen-bond acceptors (Lipinski definition) is 6. The van der Waals surface area contributed by atoms with Crippen molar-refractivity contribution in [3.8, 4) is 6.07 Å². The first-order valence-electron chi connectivity index (χ1n) is 8.30. The second-order valence-corrected chi connectivity index (χ2v) is 6.34. The van der Waals surface area contributed by atoms with Crippen molar-refractivity contribution in [3.05, 3.63) is 24.3 Å². The third-order valence-corrected chi connectivity index (χ3v) is 4.74. The summed E-state index contributed by atoms with van der Waals surface area (Å²) in [5.74, 6) is 0.0286. The molecule has 0 spiro atoms. The molecule has 2 fully saturated rings. The lowest BCUT2D eigenvalue weighted by Gasteiger charge is -2.23. The average Bonchev–Trinajstić information content (AvgIpc) is 3.32. The van der Waals surface area contributed by atoms with Crippen molar-refractivity contribution in [1.29, 1.82) is 5.26 Å². The summed E-state index contributed by atoms with van der Waals surface area (Å²) in [6, 6.07) is 9.86. The number of rotatable bonds is 3. The number of nitriles is 1. The summed E-state index contributed by atoms with van der Waals surface area (Å²) in [4.78, 5) is 18.7. The number of carbonyl (C=O) groups excluding carboxylic acids is 1. The minimum Gasteiger partial charge on any atom is -0.424 e. The number of amides is 1. The quantitative estimate of drug-likeness (QED) is 0.867. The van der Waals surface area contributed by atoms with Crippen LogP contribution >= 0.6 is 12.4 Å². The van der Waals surface area contributed by atoms with Gasteiger partial charge in [-0.25, -0.2) is 0 Å². The van der Waals surface area contributed by atoms with Gasteiger partial charge in [-0.2, -0.15) is 10.2 Å². The van der Waals surface area contributed by atoms with Gasteiger partial charge in [-0.15, -0.1) is 12.4 Å². The van der Waals surface area contributed by atoms with Crippen molar-refractivity contribution in [2.24, 2.45) is 0 Å². The van der Waals surface area contributed by atoms with E-state index in [-0.39, 0.29) is 36.4 Å². The summed E-state index contributed by atoms with van der Waals surface area (Å²) in [6.07, 6.45) is 2.34. The van der Waals surface area contributed by atoms with Crippen LogP contribution in [-0.4, -0.2) is 47.0 Å². The van der Waals surface area contributed by atoms with Gasteiger partial charge in [0.2, 0.25) is 5.91 Å². The van der Waals surface area contributed by atoms with Crippen molar-refractivity contribution in [2.75, 3.05) is 18.4 Å². The van der Waals surface area contributed by atoms with Gasteiger partial charge in [0, 0.05) is 19.1 Å². The lowest BCUT2D eigenvalue weighted by atomic mass is 10.1. The minimum atomic E-state index is -0.275. The number of fused-ring (bicyclic) bond motifs is 1. The number of para-hydroxylation sites is 2. The third kappa shape index (κ3) is 3.41. The molecule has 0 bridgehead atoms. The summed E-state index contributed by atoms with van der Waals surface area (Å²) >= 11 is 0. The molecule has 1 aromatic carbocycles. The Morgan fingerprint density at radius 1 is 1.44 bits per heavy atom. The van der Waals surface area contributed by atoms with Crippen molar-refractivity contribution in [2.45, 2.75) is 37.4 Å². The smallest absolute Gasteiger partial charge is 0.295 e. The highest BCUT2D eigenvalue weighted by atomic mass is 35.5. The number of likely N-dealkylation sites (tertiary alicyclic amines) is 1. The second-order valence-electron chi connectivity index (χ2n) is 6.34. The minimum absolute atomic E-state index is 0. The van der Waals surface area contributed by atoms with Gasteiger partial charge in [-0.05, 0) is 31.4 Å². The van der Waals surface area contributed by atoms with Crippen LogP contribution in [-0.2, 0) is 4.79 Å². The highest BCUT2D eigenvalue weighted by Gasteiger charge is 2.37. The Morgan fingerprint density at radius 2 is 2.28 bits per heavy atom. The Hall–Kier alpha value is -2.30.